The van der Waals surface area contributed by atoms with Crippen molar-refractivity contribution in [3.8, 4) is 0 Å². The maximum absolute atomic E-state index is 11.5. The van der Waals surface area contributed by atoms with E-state index >= 15 is 0 Å². The molecule has 0 aliphatic carbocycles. The number of methoxy groups -OCH3 is 1. The first-order valence-electron chi connectivity index (χ1n) is 20.9. The molecule has 0 radical (unpaired) electrons. The number of benzene rings is 4. The highest BCUT2D eigenvalue weighted by Crippen LogP contribution is 2.28. The van der Waals surface area contributed by atoms with Crippen LogP contribution in [0.3, 0.4) is 0 Å². The number of ether oxygens (including phenoxy) is 1. The third-order valence-electron chi connectivity index (χ3n) is 7.93. The van der Waals surface area contributed by atoms with Crippen LogP contribution in [0.4, 0.5) is 0 Å². The van der Waals surface area contributed by atoms with E-state index in [9.17, 15) is 14.4 Å². The molecule has 0 bridgehead atoms. The molecule has 0 amide bonds. The molecule has 348 valence electrons. The molecular formula is C51H72O12. The molecule has 0 spiro atoms. The molecule has 0 unspecified atom stereocenters. The maximum atomic E-state index is 11.5. The van der Waals surface area contributed by atoms with E-state index in [2.05, 4.69) is 40.6 Å². The Morgan fingerprint density at radius 3 is 0.905 bits per heavy atom. The molecule has 12 heteroatoms. The first-order valence-corrected chi connectivity index (χ1v) is 20.9. The zero-order valence-electron chi connectivity index (χ0n) is 40.4. The van der Waals surface area contributed by atoms with E-state index in [0.29, 0.717) is 16.7 Å². The van der Waals surface area contributed by atoms with Gasteiger partial charge in [-0.15, -0.1) is 0 Å². The molecule has 63 heavy (non-hydrogen) atoms. The summed E-state index contributed by atoms with van der Waals surface area (Å²) < 4.78 is 5.32. The van der Waals surface area contributed by atoms with Crippen LogP contribution in [-0.4, -0.2) is 53.0 Å². The number of hydrogen-bond donors (Lipinski definition) is 0. The highest BCUT2D eigenvalue weighted by Gasteiger charge is 2.30. The van der Waals surface area contributed by atoms with Gasteiger partial charge in [0.05, 0.1) is 44.7 Å². The van der Waals surface area contributed by atoms with E-state index in [-0.39, 0.29) is 28.0 Å². The van der Waals surface area contributed by atoms with Crippen molar-refractivity contribution in [1.29, 1.82) is 0 Å². The van der Waals surface area contributed by atoms with Gasteiger partial charge in [-0.3, -0.25) is 4.89 Å². The Bertz CT molecular complexity index is 1790. The third-order valence-corrected chi connectivity index (χ3v) is 7.93. The van der Waals surface area contributed by atoms with Gasteiger partial charge in [0.15, 0.2) is 0 Å². The van der Waals surface area contributed by atoms with E-state index in [0.717, 1.165) is 12.8 Å². The van der Waals surface area contributed by atoms with Gasteiger partial charge in [0.25, 0.3) is 0 Å². The predicted octanol–water partition coefficient (Wildman–Crippen LogP) is 12.6. The van der Waals surface area contributed by atoms with Crippen LogP contribution >= 0.6 is 0 Å². The van der Waals surface area contributed by atoms with Crippen LogP contribution in [0.25, 0.3) is 0 Å². The topological polar surface area (TPSA) is 134 Å². The van der Waals surface area contributed by atoms with Gasteiger partial charge in [-0.2, -0.15) is 4.89 Å². The van der Waals surface area contributed by atoms with Gasteiger partial charge in [0.1, 0.15) is 5.60 Å². The second-order valence-corrected chi connectivity index (χ2v) is 19.1. The molecule has 0 saturated carbocycles. The molecule has 0 aliphatic heterocycles. The van der Waals surface area contributed by atoms with Crippen molar-refractivity contribution in [2.75, 3.05) is 7.11 Å². The SMILES string of the molecule is CC(C)(C)OOC(=O)c1ccccc1.CC(C)(C)OOC(C)(C)CCC(C)(C)OOC(C)(C)C.COC(C)(C)c1ccccc1.O=C(OOC(=O)c1ccccc1)c1ccccc1. The van der Waals surface area contributed by atoms with E-state index in [1.54, 1.807) is 92.0 Å². The van der Waals surface area contributed by atoms with Crippen molar-refractivity contribution in [3.63, 3.8) is 0 Å². The van der Waals surface area contributed by atoms with Crippen molar-refractivity contribution in [1.82, 2.24) is 0 Å². The lowest BCUT2D eigenvalue weighted by Crippen LogP contribution is -2.35. The maximum Gasteiger partial charge on any atom is 0.386 e. The van der Waals surface area contributed by atoms with Gasteiger partial charge in [-0.1, -0.05) is 84.9 Å². The fourth-order valence-corrected chi connectivity index (χ4v) is 4.22. The minimum Gasteiger partial charge on any atom is -0.374 e. The van der Waals surface area contributed by atoms with Crippen molar-refractivity contribution >= 4 is 17.9 Å². The highest BCUT2D eigenvalue weighted by molar-refractivity contribution is 5.92. The average Bonchev–Trinajstić information content (AvgIpc) is 3.24. The molecular weight excluding hydrogens is 805 g/mol. The summed E-state index contributed by atoms with van der Waals surface area (Å²) in [4.78, 5) is 74.6. The summed E-state index contributed by atoms with van der Waals surface area (Å²) in [5.74, 6) is -1.89. The zero-order valence-corrected chi connectivity index (χ0v) is 40.4. The van der Waals surface area contributed by atoms with Crippen LogP contribution in [-0.2, 0) is 49.4 Å². The quantitative estimate of drug-likeness (QED) is 0.0934. The van der Waals surface area contributed by atoms with Crippen LogP contribution in [0.2, 0.25) is 0 Å². The normalized spacial score (nSPS) is 11.9. The summed E-state index contributed by atoms with van der Waals surface area (Å²) in [7, 11) is 1.73. The molecule has 0 atom stereocenters. The van der Waals surface area contributed by atoms with Crippen molar-refractivity contribution < 1.29 is 58.2 Å². The minimum absolute atomic E-state index is 0.165. The Labute approximate surface area is 376 Å². The number of carbonyl (C=O) groups excluding carboxylic acids is 3. The summed E-state index contributed by atoms with van der Waals surface area (Å²) in [5, 5.41) is 0. The highest BCUT2D eigenvalue weighted by atomic mass is 17.2. The fraction of sp³-hybridized carbons (Fsp3) is 0.471. The largest absolute Gasteiger partial charge is 0.386 e. The Kier molecular flexibility index (Phi) is 23.1. The van der Waals surface area contributed by atoms with Crippen LogP contribution < -0.4 is 0 Å². The summed E-state index contributed by atoms with van der Waals surface area (Å²) in [6.45, 7) is 29.4. The molecule has 0 aliphatic rings. The van der Waals surface area contributed by atoms with Crippen LogP contribution in [0, 0.1) is 0 Å². The summed E-state index contributed by atoms with van der Waals surface area (Å²) in [5.41, 5.74) is 0.338. The van der Waals surface area contributed by atoms with E-state index in [1.807, 2.05) is 114 Å². The van der Waals surface area contributed by atoms with Gasteiger partial charge in [-0.05, 0) is 159 Å². The van der Waals surface area contributed by atoms with E-state index in [4.69, 9.17) is 29.2 Å². The molecule has 4 aromatic carbocycles. The van der Waals surface area contributed by atoms with Gasteiger partial charge >= 0.3 is 17.9 Å². The lowest BCUT2D eigenvalue weighted by atomic mass is 9.94. The lowest BCUT2D eigenvalue weighted by molar-refractivity contribution is -0.410. The van der Waals surface area contributed by atoms with Crippen LogP contribution in [0.1, 0.15) is 153 Å². The second kappa shape index (κ2) is 26.0. The fourth-order valence-electron chi connectivity index (χ4n) is 4.22. The number of rotatable bonds is 13. The van der Waals surface area contributed by atoms with Crippen LogP contribution in [0.5, 0.6) is 0 Å². The van der Waals surface area contributed by atoms with Gasteiger partial charge in [-0.25, -0.2) is 43.7 Å². The Balaban J connectivity index is 0.000000429. The molecule has 12 nitrogen and oxygen atoms in total. The Morgan fingerprint density at radius 2 is 0.635 bits per heavy atom. The summed E-state index contributed by atoms with van der Waals surface area (Å²) >= 11 is 0. The van der Waals surface area contributed by atoms with Crippen molar-refractivity contribution in [3.05, 3.63) is 144 Å². The first kappa shape index (κ1) is 56.1. The average molecular weight is 877 g/mol. The van der Waals surface area contributed by atoms with Crippen molar-refractivity contribution in [2.24, 2.45) is 0 Å². The Morgan fingerprint density at radius 1 is 0.365 bits per heavy atom. The van der Waals surface area contributed by atoms with E-state index < -0.39 is 23.5 Å². The molecule has 0 N–H and O–H groups in total. The minimum atomic E-state index is -0.708. The molecule has 4 rings (SSSR count). The Hall–Kier alpha value is -4.95. The molecule has 0 aromatic heterocycles. The third kappa shape index (κ3) is 27.0. The van der Waals surface area contributed by atoms with Gasteiger partial charge in [0.2, 0.25) is 0 Å². The number of hydrogen-bond acceptors (Lipinski definition) is 12. The molecule has 0 saturated heterocycles. The number of carbonyl (C=O) groups is 3. The van der Waals surface area contributed by atoms with Crippen molar-refractivity contribution in [2.45, 2.75) is 150 Å². The molecule has 4 aromatic rings. The summed E-state index contributed by atoms with van der Waals surface area (Å²) in [6, 6.07) is 35.5. The predicted molar refractivity (Wildman–Crippen MR) is 244 cm³/mol. The zero-order chi connectivity index (χ0) is 48.0. The summed E-state index contributed by atoms with van der Waals surface area (Å²) in [6.07, 6.45) is 1.62. The van der Waals surface area contributed by atoms with Gasteiger partial charge < -0.3 is 4.74 Å². The van der Waals surface area contributed by atoms with Gasteiger partial charge in [0, 0.05) is 7.11 Å². The smallest absolute Gasteiger partial charge is 0.374 e. The molecule has 0 heterocycles. The van der Waals surface area contributed by atoms with Crippen LogP contribution in [0.15, 0.2) is 121 Å². The lowest BCUT2D eigenvalue weighted by Gasteiger charge is -2.33. The molecule has 0 fully saturated rings. The first-order chi connectivity index (χ1) is 29.0. The van der Waals surface area contributed by atoms with E-state index in [1.165, 1.54) is 5.56 Å². The second-order valence-electron chi connectivity index (χ2n) is 19.1. The standard InChI is InChI=1S/C16H34O4.C14H10O4.C11H14O3.C10H14O/c1-13(2,3)17-19-15(7,8)11-12-16(9,10)20-18-14(4,5)6;15-13(11-7-3-1-4-8-11)17-18-14(16)12-9-5-2-6-10-12;1-11(2,3)14-13-10(12)9-7-5-4-6-8-9;1-10(2,11-3)9-7-5-4-6-8-9/h11-12H2,1-10H3;1-10H;4-8H,1-3H3;4-8H,1-3H3. The monoisotopic (exact) mass is 877 g/mol.